The van der Waals surface area contributed by atoms with Crippen LogP contribution in [0.1, 0.15) is 80.7 Å². The molecule has 1 aromatic carbocycles. The third-order valence-corrected chi connectivity index (χ3v) is 3.24. The number of phenolic OH excluding ortho intramolecular Hbond substituents is 1. The van der Waals surface area contributed by atoms with Gasteiger partial charge in [0, 0.05) is 12.8 Å². The summed E-state index contributed by atoms with van der Waals surface area (Å²) in [6.45, 7) is 13.7. The van der Waals surface area contributed by atoms with Gasteiger partial charge in [-0.25, -0.2) is 0 Å². The van der Waals surface area contributed by atoms with Crippen LogP contribution in [0.3, 0.4) is 0 Å². The Bertz CT molecular complexity index is 535. The Hall–Kier alpha value is -1.64. The summed E-state index contributed by atoms with van der Waals surface area (Å²) in [5, 5.41) is 10.4. The number of rotatable bonds is 4. The number of carbonyl (C=O) groups is 2. The molecule has 0 atom stereocenters. The van der Waals surface area contributed by atoms with Crippen LogP contribution >= 0.6 is 0 Å². The van der Waals surface area contributed by atoms with Gasteiger partial charge in [0.1, 0.15) is 5.75 Å². The highest BCUT2D eigenvalue weighted by atomic mass is 16.3. The molecule has 0 radical (unpaired) electrons. The molecule has 0 amide bonds. The maximum Gasteiger partial charge on any atom is 0.167 e. The van der Waals surface area contributed by atoms with Gasteiger partial charge in [-0.15, -0.1) is 0 Å². The lowest BCUT2D eigenvalue weighted by atomic mass is 9.84. The molecule has 0 aliphatic carbocycles. The minimum atomic E-state index is -0.172. The van der Waals surface area contributed by atoms with Crippen LogP contribution in [-0.4, -0.2) is 16.7 Å². The minimum Gasteiger partial charge on any atom is -0.506 e. The molecular weight excluding hydrogens is 276 g/mol. The molecule has 3 heteroatoms. The monoisotopic (exact) mass is 304 g/mol. The number of hydrogen-bond acceptors (Lipinski definition) is 3. The van der Waals surface area contributed by atoms with Crippen molar-refractivity contribution in [3.63, 3.8) is 0 Å². The Balaban J connectivity index is 3.23. The number of aromatic hydroxyl groups is 1. The van der Waals surface area contributed by atoms with E-state index in [4.69, 9.17) is 0 Å². The Kier molecular flexibility index (Phi) is 5.21. The first-order valence-electron chi connectivity index (χ1n) is 7.70. The molecule has 0 saturated carbocycles. The molecule has 0 aromatic heterocycles. The zero-order valence-electron chi connectivity index (χ0n) is 14.8. The summed E-state index contributed by atoms with van der Waals surface area (Å²) in [6, 6.07) is 3.33. The van der Waals surface area contributed by atoms with Gasteiger partial charge in [-0.3, -0.25) is 9.59 Å². The first-order chi connectivity index (χ1) is 9.80. The van der Waals surface area contributed by atoms with Gasteiger partial charge in [0.15, 0.2) is 11.6 Å². The minimum absolute atomic E-state index is 0.126. The van der Waals surface area contributed by atoms with E-state index in [1.165, 1.54) is 0 Å². The normalized spacial score (nSPS) is 12.3. The first kappa shape index (κ1) is 18.4. The van der Waals surface area contributed by atoms with Crippen molar-refractivity contribution in [3.8, 4) is 5.75 Å². The van der Waals surface area contributed by atoms with Crippen LogP contribution in [0.2, 0.25) is 0 Å². The van der Waals surface area contributed by atoms with Crippen LogP contribution in [0, 0.1) is 17.8 Å². The number of carbonyl (C=O) groups excluding carboxylic acids is 2. The lowest BCUT2D eigenvalue weighted by Crippen LogP contribution is -2.16. The number of benzene rings is 1. The van der Waals surface area contributed by atoms with E-state index < -0.39 is 0 Å². The van der Waals surface area contributed by atoms with Gasteiger partial charge in [-0.1, -0.05) is 41.5 Å². The summed E-state index contributed by atoms with van der Waals surface area (Å²) in [7, 11) is 0. The first-order valence-corrected chi connectivity index (χ1v) is 7.70. The summed E-state index contributed by atoms with van der Waals surface area (Å²) >= 11 is 0. The molecule has 0 unspecified atom stereocenters. The van der Waals surface area contributed by atoms with Crippen LogP contribution in [0.25, 0.3) is 0 Å². The molecule has 0 saturated heterocycles. The van der Waals surface area contributed by atoms with E-state index in [9.17, 15) is 14.7 Å². The van der Waals surface area contributed by atoms with Crippen molar-refractivity contribution < 1.29 is 14.7 Å². The molecule has 0 bridgehead atoms. The van der Waals surface area contributed by atoms with Crippen molar-refractivity contribution in [2.24, 2.45) is 10.8 Å². The third kappa shape index (κ3) is 5.28. The van der Waals surface area contributed by atoms with E-state index in [-0.39, 0.29) is 39.3 Å². The molecule has 0 aliphatic heterocycles. The standard InChI is InChI=1S/C19H28O3/c1-12-8-13(15(20)10-18(2,3)4)17(22)14(9-12)16(21)11-19(5,6)7/h8-9,22H,10-11H2,1-7H3. The molecule has 0 aliphatic rings. The molecule has 1 N–H and O–H groups in total. The lowest BCUT2D eigenvalue weighted by molar-refractivity contribution is 0.0936. The highest BCUT2D eigenvalue weighted by Crippen LogP contribution is 2.32. The fourth-order valence-electron chi connectivity index (χ4n) is 2.36. The fourth-order valence-corrected chi connectivity index (χ4v) is 2.36. The second kappa shape index (κ2) is 6.23. The lowest BCUT2D eigenvalue weighted by Gasteiger charge is -2.20. The van der Waals surface area contributed by atoms with Crippen LogP contribution in [0.5, 0.6) is 5.75 Å². The van der Waals surface area contributed by atoms with E-state index in [1.54, 1.807) is 12.1 Å². The topological polar surface area (TPSA) is 54.4 Å². The van der Waals surface area contributed by atoms with E-state index >= 15 is 0 Å². The van der Waals surface area contributed by atoms with Crippen LogP contribution < -0.4 is 0 Å². The van der Waals surface area contributed by atoms with Gasteiger partial charge in [0.05, 0.1) is 11.1 Å². The third-order valence-electron chi connectivity index (χ3n) is 3.24. The van der Waals surface area contributed by atoms with E-state index in [2.05, 4.69) is 0 Å². The van der Waals surface area contributed by atoms with Gasteiger partial charge < -0.3 is 5.11 Å². The summed E-state index contributed by atoms with van der Waals surface area (Å²) in [4.78, 5) is 24.8. The zero-order chi connectivity index (χ0) is 17.3. The molecule has 0 heterocycles. The van der Waals surface area contributed by atoms with Crippen molar-refractivity contribution >= 4 is 11.6 Å². The highest BCUT2D eigenvalue weighted by Gasteiger charge is 2.25. The summed E-state index contributed by atoms with van der Waals surface area (Å²) in [6.07, 6.45) is 0.661. The number of ketones is 2. The number of hydrogen-bond donors (Lipinski definition) is 1. The van der Waals surface area contributed by atoms with Gasteiger partial charge >= 0.3 is 0 Å². The predicted molar refractivity (Wildman–Crippen MR) is 89.6 cm³/mol. The molecule has 3 nitrogen and oxygen atoms in total. The molecule has 0 spiro atoms. The van der Waals surface area contributed by atoms with Crippen LogP contribution in [0.15, 0.2) is 12.1 Å². The smallest absolute Gasteiger partial charge is 0.167 e. The predicted octanol–water partition coefficient (Wildman–Crippen LogP) is 4.94. The average Bonchev–Trinajstić information content (AvgIpc) is 2.26. The maximum absolute atomic E-state index is 12.4. The summed E-state index contributed by atoms with van der Waals surface area (Å²) in [5.41, 5.74) is 0.998. The van der Waals surface area contributed by atoms with Gasteiger partial charge in [0.25, 0.3) is 0 Å². The molecule has 0 fully saturated rings. The Labute approximate surface area is 133 Å². The van der Waals surface area contributed by atoms with Gasteiger partial charge in [-0.05, 0) is 35.4 Å². The zero-order valence-corrected chi connectivity index (χ0v) is 14.8. The molecule has 1 aromatic rings. The Morgan fingerprint density at radius 1 is 0.864 bits per heavy atom. The van der Waals surface area contributed by atoms with Crippen LogP contribution in [0.4, 0.5) is 0 Å². The van der Waals surface area contributed by atoms with Gasteiger partial charge in [0.2, 0.25) is 0 Å². The molecule has 1 rings (SSSR count). The number of phenols is 1. The van der Waals surface area contributed by atoms with Crippen molar-refractivity contribution in [1.82, 2.24) is 0 Å². The summed E-state index contributed by atoms with van der Waals surface area (Å²) in [5.74, 6) is -0.425. The summed E-state index contributed by atoms with van der Waals surface area (Å²) < 4.78 is 0. The molecular formula is C19H28O3. The maximum atomic E-state index is 12.4. The van der Waals surface area contributed by atoms with E-state index in [0.717, 1.165) is 5.56 Å². The SMILES string of the molecule is Cc1cc(C(=O)CC(C)(C)C)c(O)c(C(=O)CC(C)(C)C)c1. The molecule has 22 heavy (non-hydrogen) atoms. The van der Waals surface area contributed by atoms with Crippen LogP contribution in [-0.2, 0) is 0 Å². The second-order valence-electron chi connectivity index (χ2n) is 8.53. The number of Topliss-reactive ketones (excluding diaryl/α,β-unsaturated/α-hetero) is 2. The van der Waals surface area contributed by atoms with Crippen molar-refractivity contribution in [1.29, 1.82) is 0 Å². The average molecular weight is 304 g/mol. The fraction of sp³-hybridized carbons (Fsp3) is 0.579. The van der Waals surface area contributed by atoms with Crippen molar-refractivity contribution in [3.05, 3.63) is 28.8 Å². The molecule has 122 valence electrons. The Morgan fingerprint density at radius 3 is 1.45 bits per heavy atom. The van der Waals surface area contributed by atoms with E-state index in [1.807, 2.05) is 48.5 Å². The van der Waals surface area contributed by atoms with Crippen molar-refractivity contribution in [2.45, 2.75) is 61.3 Å². The number of aryl methyl sites for hydroxylation is 1. The second-order valence-corrected chi connectivity index (χ2v) is 8.53. The van der Waals surface area contributed by atoms with Crippen molar-refractivity contribution in [2.75, 3.05) is 0 Å². The highest BCUT2D eigenvalue weighted by molar-refractivity contribution is 6.06. The largest absolute Gasteiger partial charge is 0.506 e. The van der Waals surface area contributed by atoms with E-state index in [0.29, 0.717) is 12.8 Å². The van der Waals surface area contributed by atoms with Gasteiger partial charge in [-0.2, -0.15) is 0 Å². The Morgan fingerprint density at radius 2 is 1.18 bits per heavy atom. The quantitative estimate of drug-likeness (QED) is 0.802.